The topological polar surface area (TPSA) is 155 Å². The van der Waals surface area contributed by atoms with Crippen molar-refractivity contribution in [2.75, 3.05) is 40.1 Å². The number of unbranched alkanes of at least 4 members (excludes halogenated alkanes) is 11. The third kappa shape index (κ3) is 14.3. The molecule has 2 N–H and O–H groups in total. The molecule has 4 aromatic rings. The van der Waals surface area contributed by atoms with Crippen LogP contribution in [0.5, 0.6) is 23.0 Å². The summed E-state index contributed by atoms with van der Waals surface area (Å²) in [6, 6.07) is 24.6. The summed E-state index contributed by atoms with van der Waals surface area (Å²) in [5.41, 5.74) is 3.82. The number of nitrogens with zero attached hydrogens (tertiary/aromatic N) is 2. The van der Waals surface area contributed by atoms with Gasteiger partial charge in [-0.05, 0) is 115 Å². The van der Waals surface area contributed by atoms with E-state index in [2.05, 4.69) is 43.8 Å². The smallest absolute Gasteiger partial charge is 0.410 e. The number of amides is 1. The number of rotatable bonds is 31. The van der Waals surface area contributed by atoms with Crippen LogP contribution in [0.4, 0.5) is 4.79 Å². The van der Waals surface area contributed by atoms with Crippen LogP contribution in [0.15, 0.2) is 108 Å². The highest BCUT2D eigenvalue weighted by Gasteiger charge is 2.66. The lowest BCUT2D eigenvalue weighted by Crippen LogP contribution is -2.70. The van der Waals surface area contributed by atoms with Gasteiger partial charge in [-0.15, -0.1) is 6.58 Å². The Kier molecular flexibility index (Phi) is 21.9. The maximum Gasteiger partial charge on any atom is 0.410 e. The molecule has 0 bridgehead atoms. The van der Waals surface area contributed by atoms with Gasteiger partial charge >= 0.3 is 6.09 Å². The van der Waals surface area contributed by atoms with Gasteiger partial charge in [-0.1, -0.05) is 137 Å². The Balaban J connectivity index is 1.26. The molecule has 2 aliphatic heterocycles. The molecule has 1 saturated heterocycles. The summed E-state index contributed by atoms with van der Waals surface area (Å²) in [5.74, 6) is -0.314. The fourth-order valence-electron chi connectivity index (χ4n) is 12.4. The van der Waals surface area contributed by atoms with Gasteiger partial charge < -0.3 is 43.5 Å². The lowest BCUT2D eigenvalue weighted by Gasteiger charge is -2.60. The first-order valence-electron chi connectivity index (χ1n) is 28.9. The first kappa shape index (κ1) is 57.4. The van der Waals surface area contributed by atoms with E-state index in [9.17, 15) is 15.0 Å². The molecule has 2 fully saturated rings. The van der Waals surface area contributed by atoms with Gasteiger partial charge in [0.2, 0.25) is 12.1 Å². The maximum atomic E-state index is 15.5. The summed E-state index contributed by atoms with van der Waals surface area (Å²) in [6.07, 6.45) is 22.7. The van der Waals surface area contributed by atoms with Crippen molar-refractivity contribution in [1.82, 2.24) is 4.90 Å². The van der Waals surface area contributed by atoms with Gasteiger partial charge in [0.05, 0.1) is 50.7 Å². The van der Waals surface area contributed by atoms with E-state index in [-0.39, 0.29) is 57.1 Å². The second-order valence-electron chi connectivity index (χ2n) is 21.4. The van der Waals surface area contributed by atoms with Crippen LogP contribution in [0.1, 0.15) is 163 Å². The molecule has 1 saturated carbocycles. The number of benzene rings is 4. The quantitative estimate of drug-likeness (QED) is 0.0214. The van der Waals surface area contributed by atoms with Gasteiger partial charge in [0, 0.05) is 37.5 Å². The van der Waals surface area contributed by atoms with Gasteiger partial charge in [0.25, 0.3) is 0 Å². The number of hydrogen-bond acceptors (Lipinski definition) is 12. The van der Waals surface area contributed by atoms with Crippen LogP contribution in [0.25, 0.3) is 10.8 Å². The number of hydrogen-bond donors (Lipinski definition) is 2. The molecule has 0 aromatic heterocycles. The predicted molar refractivity (Wildman–Crippen MR) is 301 cm³/mol. The van der Waals surface area contributed by atoms with E-state index in [0.717, 1.165) is 91.5 Å². The molecule has 2 heterocycles. The van der Waals surface area contributed by atoms with Crippen molar-refractivity contribution in [1.29, 1.82) is 0 Å². The number of ether oxygens (including phenoxy) is 6. The minimum Gasteiger partial charge on any atom is -0.496 e. The fraction of sp³-hybridized carbons (Fsp3) is 0.547. The van der Waals surface area contributed by atoms with Crippen LogP contribution < -0.4 is 14.2 Å². The Hall–Kier alpha value is -5.73. The number of aliphatic hydroxyl groups is 2. The summed E-state index contributed by atoms with van der Waals surface area (Å²) in [4.78, 5) is 35.8. The van der Waals surface area contributed by atoms with Crippen molar-refractivity contribution < 1.29 is 53.1 Å². The number of fused-ring (bicyclic) bond motifs is 3. The molecule has 13 heteroatoms. The minimum atomic E-state index is -1.51. The van der Waals surface area contributed by atoms with E-state index >= 15 is 4.79 Å². The van der Waals surface area contributed by atoms with Crippen LogP contribution in [-0.4, -0.2) is 91.5 Å². The standard InChI is InChI=1S/C64H84N2O11/c1-4-6-7-8-9-10-11-12-13-21-39-73-63(70)66(44-48-27-23-26-46-24-14-15-28-52(46)48)59-43-56(65-77-60-30-18-22-38-72-60)54-41-47(25-16-19-35-67)53(29-17-20-36-68)61-55-42-51(75-50-31-33-57(71-3)49(40-50)45-69)32-34-58(55)76-64(59,62(54)61)74-37-5-2/h5,14-15,23-24,26-28,31-34,40-42,45,47,53,59-62,67-68H,2,4,6-13,16-22,25,29-30,35-39,43-44H2,1,3H3. The van der Waals surface area contributed by atoms with Crippen LogP contribution in [0, 0.1) is 17.8 Å². The highest BCUT2D eigenvalue weighted by atomic mass is 16.8. The van der Waals surface area contributed by atoms with Crippen molar-refractivity contribution in [3.05, 3.63) is 120 Å². The van der Waals surface area contributed by atoms with Crippen LogP contribution in [-0.2, 0) is 25.6 Å². The molecule has 77 heavy (non-hydrogen) atoms. The summed E-state index contributed by atoms with van der Waals surface area (Å²) in [7, 11) is 1.53. The number of methoxy groups -OCH3 is 1. The van der Waals surface area contributed by atoms with Crippen molar-refractivity contribution in [3.8, 4) is 23.0 Å². The molecule has 1 amide bonds. The molecular formula is C64H84N2O11. The summed E-state index contributed by atoms with van der Waals surface area (Å²) in [5, 5.41) is 27.5. The van der Waals surface area contributed by atoms with Crippen LogP contribution in [0.2, 0.25) is 0 Å². The van der Waals surface area contributed by atoms with Crippen LogP contribution >= 0.6 is 0 Å². The number of carbonyl (C=O) groups is 2. The Morgan fingerprint density at radius 3 is 2.34 bits per heavy atom. The largest absolute Gasteiger partial charge is 0.496 e. The van der Waals surface area contributed by atoms with Gasteiger partial charge in [-0.25, -0.2) is 4.79 Å². The van der Waals surface area contributed by atoms with E-state index in [1.54, 1.807) is 24.3 Å². The molecule has 0 radical (unpaired) electrons. The zero-order valence-corrected chi connectivity index (χ0v) is 45.8. The third-order valence-corrected chi connectivity index (χ3v) is 16.2. The lowest BCUT2D eigenvalue weighted by molar-refractivity contribution is -0.256. The second-order valence-corrected chi connectivity index (χ2v) is 21.4. The number of oxime groups is 1. The first-order chi connectivity index (χ1) is 37.9. The number of aliphatic hydroxyl groups excluding tert-OH is 2. The van der Waals surface area contributed by atoms with Crippen molar-refractivity contribution >= 4 is 28.9 Å². The Labute approximate surface area is 456 Å². The highest BCUT2D eigenvalue weighted by Crippen LogP contribution is 2.62. The zero-order valence-electron chi connectivity index (χ0n) is 45.8. The second kappa shape index (κ2) is 29.3. The first-order valence-corrected chi connectivity index (χ1v) is 28.9. The molecule has 4 aliphatic rings. The number of carbonyl (C=O) groups excluding carboxylic acids is 2. The van der Waals surface area contributed by atoms with Crippen molar-refractivity contribution in [3.63, 3.8) is 0 Å². The zero-order chi connectivity index (χ0) is 53.8. The van der Waals surface area contributed by atoms with E-state index in [1.165, 1.54) is 52.1 Å². The van der Waals surface area contributed by atoms with Gasteiger partial charge in [-0.3, -0.25) is 9.69 Å². The number of allylic oxidation sites excluding steroid dienone is 1. The molecule has 13 nitrogen and oxygen atoms in total. The molecule has 2 aliphatic carbocycles. The summed E-state index contributed by atoms with van der Waals surface area (Å²) < 4.78 is 39.5. The minimum absolute atomic E-state index is 0.0151. The Bertz CT molecular complexity index is 2590. The van der Waals surface area contributed by atoms with Gasteiger partial charge in [0.1, 0.15) is 29.0 Å². The van der Waals surface area contributed by atoms with Crippen molar-refractivity contribution in [2.24, 2.45) is 22.9 Å². The monoisotopic (exact) mass is 1060 g/mol. The normalized spacial score (nSPS) is 23.0. The average molecular weight is 1060 g/mol. The van der Waals surface area contributed by atoms with Crippen molar-refractivity contribution in [2.45, 2.75) is 166 Å². The fourth-order valence-corrected chi connectivity index (χ4v) is 12.4. The Morgan fingerprint density at radius 1 is 0.857 bits per heavy atom. The predicted octanol–water partition coefficient (Wildman–Crippen LogP) is 14.2. The number of aldehydes is 1. The molecule has 4 aromatic carbocycles. The molecule has 7 atom stereocenters. The maximum absolute atomic E-state index is 15.5. The van der Waals surface area contributed by atoms with E-state index in [0.29, 0.717) is 60.1 Å². The Morgan fingerprint density at radius 2 is 1.60 bits per heavy atom. The van der Waals surface area contributed by atoms with Gasteiger partial charge in [0.15, 0.2) is 6.29 Å². The SMILES string of the molecule is C=CCOC12Oc3ccc(Oc4ccc(OC)c(C=O)c4)cc3C3C(CCCCO)C(CCCCO)C=C(C(=NOC4CCCCO4)CC1N(Cc1cccc4ccccc14)C(=O)OCCCCCCCCCCCC)C32. The molecule has 8 rings (SSSR count). The van der Waals surface area contributed by atoms with E-state index < -0.39 is 30.1 Å². The van der Waals surface area contributed by atoms with Crippen LogP contribution in [0.3, 0.4) is 0 Å². The molecule has 7 unspecified atom stereocenters. The lowest BCUT2D eigenvalue weighted by atomic mass is 9.55. The van der Waals surface area contributed by atoms with E-state index in [1.807, 2.05) is 41.3 Å². The average Bonchev–Trinajstić information content (AvgIpc) is 3.50. The molecule has 416 valence electrons. The third-order valence-electron chi connectivity index (χ3n) is 16.2. The summed E-state index contributed by atoms with van der Waals surface area (Å²) >= 11 is 0. The van der Waals surface area contributed by atoms with E-state index in [4.69, 9.17) is 38.4 Å². The summed E-state index contributed by atoms with van der Waals surface area (Å²) in [6.45, 7) is 7.69. The molecular weight excluding hydrogens is 973 g/mol. The van der Waals surface area contributed by atoms with Gasteiger partial charge in [-0.2, -0.15) is 0 Å². The highest BCUT2D eigenvalue weighted by molar-refractivity contribution is 6.03. The molecule has 0 spiro atoms.